The predicted octanol–water partition coefficient (Wildman–Crippen LogP) is 4.00. The van der Waals surface area contributed by atoms with E-state index >= 15 is 0 Å². The van der Waals surface area contributed by atoms with E-state index in [1.165, 1.54) is 0 Å². The molecule has 2 amide bonds. The van der Waals surface area contributed by atoms with Gasteiger partial charge in [0.05, 0.1) is 23.7 Å². The van der Waals surface area contributed by atoms with Crippen LogP contribution in [-0.2, 0) is 31.9 Å². The Labute approximate surface area is 205 Å². The summed E-state index contributed by atoms with van der Waals surface area (Å²) in [7, 11) is 0. The molecule has 1 heterocycles. The van der Waals surface area contributed by atoms with E-state index in [0.29, 0.717) is 10.4 Å². The van der Waals surface area contributed by atoms with E-state index in [1.807, 2.05) is 0 Å². The van der Waals surface area contributed by atoms with Crippen molar-refractivity contribution in [2.45, 2.75) is 46.1 Å². The Morgan fingerprint density at radius 2 is 1.74 bits per heavy atom. The molecular formula is C24H26F2N2O6S. The van der Waals surface area contributed by atoms with Gasteiger partial charge in [-0.3, -0.25) is 14.4 Å². The Balaban J connectivity index is 1.88. The molecule has 1 aliphatic carbocycles. The number of hydrogen-bond donors (Lipinski definition) is 2. The van der Waals surface area contributed by atoms with Crippen LogP contribution in [0.4, 0.5) is 18.6 Å². The molecule has 188 valence electrons. The summed E-state index contributed by atoms with van der Waals surface area (Å²) >= 11 is 1.05. The average Bonchev–Trinajstić information content (AvgIpc) is 3.28. The van der Waals surface area contributed by atoms with Gasteiger partial charge in [-0.1, -0.05) is 6.07 Å². The van der Waals surface area contributed by atoms with Crippen molar-refractivity contribution in [1.29, 1.82) is 0 Å². The predicted molar refractivity (Wildman–Crippen MR) is 125 cm³/mol. The third-order valence-corrected chi connectivity index (χ3v) is 6.22. The van der Waals surface area contributed by atoms with Gasteiger partial charge in [0.15, 0.2) is 0 Å². The number of alkyl carbamates (subject to hydrolysis) is 1. The number of ether oxygens (including phenoxy) is 2. The van der Waals surface area contributed by atoms with E-state index in [4.69, 9.17) is 9.47 Å². The maximum atomic E-state index is 14.4. The highest BCUT2D eigenvalue weighted by Crippen LogP contribution is 2.43. The van der Waals surface area contributed by atoms with Crippen LogP contribution >= 0.6 is 11.3 Å². The lowest BCUT2D eigenvalue weighted by Gasteiger charge is -2.19. The topological polar surface area (TPSA) is 111 Å². The number of nitrogens with one attached hydrogen (secondary N) is 2. The van der Waals surface area contributed by atoms with Crippen LogP contribution in [0, 0.1) is 17.6 Å². The van der Waals surface area contributed by atoms with Crippen molar-refractivity contribution in [1.82, 2.24) is 5.32 Å². The first kappa shape index (κ1) is 26.3. The van der Waals surface area contributed by atoms with Gasteiger partial charge >= 0.3 is 12.1 Å². The zero-order chi connectivity index (χ0) is 25.9. The largest absolute Gasteiger partial charge is 0.466 e. The number of ketones is 1. The van der Waals surface area contributed by atoms with Crippen molar-refractivity contribution in [3.05, 3.63) is 51.4 Å². The number of thiophene rings is 1. The molecule has 0 saturated heterocycles. The standard InChI is InChI=1S/C24H26F2N2O6S/c1-5-33-22(31)12-9-13-16(10-12)35-21(28-17(29)11-27-23(32)34-24(2,3)4)18(13)20(30)19-14(25)7-6-8-15(19)26/h6-8,12H,5,9-11H2,1-4H3,(H,27,32)(H,28,29). The lowest BCUT2D eigenvalue weighted by molar-refractivity contribution is -0.147. The molecule has 1 aliphatic rings. The maximum absolute atomic E-state index is 14.4. The van der Waals surface area contributed by atoms with Crippen molar-refractivity contribution >= 4 is 40.1 Å². The first-order valence-electron chi connectivity index (χ1n) is 11.0. The van der Waals surface area contributed by atoms with Crippen LogP contribution in [0.3, 0.4) is 0 Å². The van der Waals surface area contributed by atoms with E-state index < -0.39 is 59.0 Å². The lowest BCUT2D eigenvalue weighted by Crippen LogP contribution is -2.37. The van der Waals surface area contributed by atoms with E-state index in [9.17, 15) is 28.0 Å². The first-order valence-corrected chi connectivity index (χ1v) is 11.8. The number of fused-ring (bicyclic) bond motifs is 1. The number of anilines is 1. The fraction of sp³-hybridized carbons (Fsp3) is 0.417. The molecule has 1 aromatic carbocycles. The van der Waals surface area contributed by atoms with Crippen LogP contribution in [-0.4, -0.2) is 42.5 Å². The molecule has 8 nitrogen and oxygen atoms in total. The summed E-state index contributed by atoms with van der Waals surface area (Å²) < 4.78 is 39.0. The quantitative estimate of drug-likeness (QED) is 0.432. The minimum atomic E-state index is -1.04. The summed E-state index contributed by atoms with van der Waals surface area (Å²) in [5.74, 6) is -4.67. The van der Waals surface area contributed by atoms with Crippen LogP contribution in [0.15, 0.2) is 18.2 Å². The van der Waals surface area contributed by atoms with Crippen molar-refractivity contribution in [3.63, 3.8) is 0 Å². The summed E-state index contributed by atoms with van der Waals surface area (Å²) in [4.78, 5) is 50.5. The van der Waals surface area contributed by atoms with Gasteiger partial charge in [-0.25, -0.2) is 13.6 Å². The van der Waals surface area contributed by atoms with E-state index in [-0.39, 0.29) is 30.0 Å². The fourth-order valence-electron chi connectivity index (χ4n) is 3.67. The highest BCUT2D eigenvalue weighted by atomic mass is 32.1. The van der Waals surface area contributed by atoms with Gasteiger partial charge in [0.1, 0.15) is 28.8 Å². The molecule has 0 aliphatic heterocycles. The molecule has 2 aromatic rings. The summed E-state index contributed by atoms with van der Waals surface area (Å²) in [6.45, 7) is 6.43. The summed E-state index contributed by atoms with van der Waals surface area (Å²) in [6, 6.07) is 3.07. The second kappa shape index (κ2) is 10.5. The van der Waals surface area contributed by atoms with Gasteiger partial charge in [-0.15, -0.1) is 11.3 Å². The number of halogens is 2. The zero-order valence-electron chi connectivity index (χ0n) is 19.8. The molecule has 2 N–H and O–H groups in total. The zero-order valence-corrected chi connectivity index (χ0v) is 20.6. The lowest BCUT2D eigenvalue weighted by atomic mass is 9.98. The van der Waals surface area contributed by atoms with Crippen LogP contribution < -0.4 is 10.6 Å². The summed E-state index contributed by atoms with van der Waals surface area (Å²) in [6.07, 6.45) is -0.401. The Hall–Kier alpha value is -3.34. The van der Waals surface area contributed by atoms with Gasteiger partial charge in [0.2, 0.25) is 11.7 Å². The molecule has 35 heavy (non-hydrogen) atoms. The normalized spacial score (nSPS) is 14.7. The third-order valence-electron chi connectivity index (χ3n) is 5.05. The highest BCUT2D eigenvalue weighted by Gasteiger charge is 2.37. The molecule has 0 spiro atoms. The van der Waals surface area contributed by atoms with Gasteiger partial charge in [-0.2, -0.15) is 0 Å². The van der Waals surface area contributed by atoms with E-state index in [2.05, 4.69) is 10.6 Å². The fourth-order valence-corrected chi connectivity index (χ4v) is 4.99. The van der Waals surface area contributed by atoms with Crippen LogP contribution in [0.2, 0.25) is 0 Å². The maximum Gasteiger partial charge on any atom is 0.408 e. The molecule has 1 atom stereocenters. The molecule has 3 rings (SSSR count). The Kier molecular flexibility index (Phi) is 7.89. The van der Waals surface area contributed by atoms with E-state index in [1.54, 1.807) is 27.7 Å². The number of benzene rings is 1. The number of rotatable bonds is 7. The van der Waals surface area contributed by atoms with Crippen molar-refractivity contribution in [2.24, 2.45) is 5.92 Å². The van der Waals surface area contributed by atoms with Crippen LogP contribution in [0.25, 0.3) is 0 Å². The Bertz CT molecular complexity index is 1150. The van der Waals surface area contributed by atoms with Gasteiger partial charge in [-0.05, 0) is 58.2 Å². The number of hydrogen-bond acceptors (Lipinski definition) is 7. The number of esters is 1. The summed E-state index contributed by atoms with van der Waals surface area (Å²) in [5.41, 5.74) is -1.15. The molecule has 0 saturated carbocycles. The van der Waals surface area contributed by atoms with Crippen molar-refractivity contribution in [3.8, 4) is 0 Å². The van der Waals surface area contributed by atoms with Crippen molar-refractivity contribution in [2.75, 3.05) is 18.5 Å². The molecular weight excluding hydrogens is 482 g/mol. The molecule has 0 bridgehead atoms. The highest BCUT2D eigenvalue weighted by molar-refractivity contribution is 7.17. The molecule has 0 fully saturated rings. The number of carbonyl (C=O) groups is 4. The second-order valence-corrected chi connectivity index (χ2v) is 10.00. The number of carbonyl (C=O) groups excluding carboxylic acids is 4. The smallest absolute Gasteiger partial charge is 0.408 e. The van der Waals surface area contributed by atoms with E-state index in [0.717, 1.165) is 29.5 Å². The van der Waals surface area contributed by atoms with Crippen LogP contribution in [0.1, 0.15) is 54.1 Å². The van der Waals surface area contributed by atoms with Crippen LogP contribution in [0.5, 0.6) is 0 Å². The first-order chi connectivity index (χ1) is 16.4. The SMILES string of the molecule is CCOC(=O)C1Cc2sc(NC(=O)CNC(=O)OC(C)(C)C)c(C(=O)c3c(F)cccc3F)c2C1. The Morgan fingerprint density at radius 3 is 2.34 bits per heavy atom. The Morgan fingerprint density at radius 1 is 1.09 bits per heavy atom. The number of amides is 2. The molecule has 1 aromatic heterocycles. The molecule has 1 unspecified atom stereocenters. The minimum Gasteiger partial charge on any atom is -0.466 e. The minimum absolute atomic E-state index is 0.0774. The second-order valence-electron chi connectivity index (χ2n) is 8.89. The van der Waals surface area contributed by atoms with Gasteiger partial charge < -0.3 is 20.1 Å². The molecule has 0 radical (unpaired) electrons. The van der Waals surface area contributed by atoms with Gasteiger partial charge in [0, 0.05) is 4.88 Å². The monoisotopic (exact) mass is 508 g/mol. The third kappa shape index (κ3) is 6.21. The summed E-state index contributed by atoms with van der Waals surface area (Å²) in [5, 5.41) is 4.94. The van der Waals surface area contributed by atoms with Crippen molar-refractivity contribution < 1.29 is 37.4 Å². The average molecular weight is 509 g/mol. The van der Waals surface area contributed by atoms with Gasteiger partial charge in [0.25, 0.3) is 0 Å². The molecule has 11 heteroatoms.